The number of nitrogens with zero attached hydrogens (tertiary/aromatic N) is 6. The van der Waals surface area contributed by atoms with Crippen molar-refractivity contribution in [2.24, 2.45) is 0 Å². The highest BCUT2D eigenvalue weighted by atomic mass is 16.2. The monoisotopic (exact) mass is 459 g/mol. The number of anilines is 2. The highest BCUT2D eigenvalue weighted by Crippen LogP contribution is 2.31. The third-order valence-electron chi connectivity index (χ3n) is 6.84. The van der Waals surface area contributed by atoms with Crippen molar-refractivity contribution >= 4 is 23.1 Å². The fraction of sp³-hybridized carbons (Fsp3) is 0.423. The van der Waals surface area contributed by atoms with Gasteiger partial charge in [-0.15, -0.1) is 6.58 Å². The molecule has 2 aromatic heterocycles. The Hall–Kier alpha value is -3.39. The number of carbonyl (C=O) groups is 1. The van der Waals surface area contributed by atoms with Gasteiger partial charge in [-0.25, -0.2) is 4.98 Å². The number of fused-ring (bicyclic) bond motifs is 1. The zero-order chi connectivity index (χ0) is 23.5. The Bertz CT molecular complexity index is 1140. The summed E-state index contributed by atoms with van der Waals surface area (Å²) in [4.78, 5) is 29.0. The van der Waals surface area contributed by atoms with Crippen LogP contribution >= 0.6 is 0 Å². The molecule has 8 heteroatoms. The molecule has 5 rings (SSSR count). The van der Waals surface area contributed by atoms with Crippen LogP contribution in [0.25, 0.3) is 16.9 Å². The minimum absolute atomic E-state index is 0.109. The SMILES string of the molecule is C=CCN1CCN(C(=O)C(C)Nc2c(-c3ccc(N4CCCC4)cc3)nc3cnccn23)CC1. The summed E-state index contributed by atoms with van der Waals surface area (Å²) in [6.45, 7) is 12.1. The zero-order valence-electron chi connectivity index (χ0n) is 19.9. The summed E-state index contributed by atoms with van der Waals surface area (Å²) >= 11 is 0. The molecule has 34 heavy (non-hydrogen) atoms. The van der Waals surface area contributed by atoms with Gasteiger partial charge in [0.2, 0.25) is 5.91 Å². The Morgan fingerprint density at radius 3 is 2.56 bits per heavy atom. The van der Waals surface area contributed by atoms with Crippen LogP contribution in [0.15, 0.2) is 55.5 Å². The third-order valence-corrected chi connectivity index (χ3v) is 6.84. The quantitative estimate of drug-likeness (QED) is 0.548. The number of aromatic nitrogens is 3. The molecule has 1 atom stereocenters. The Morgan fingerprint density at radius 1 is 1.12 bits per heavy atom. The molecule has 1 N–H and O–H groups in total. The number of imidazole rings is 1. The lowest BCUT2D eigenvalue weighted by Gasteiger charge is -2.35. The molecule has 2 aliphatic rings. The first-order chi connectivity index (χ1) is 16.6. The van der Waals surface area contributed by atoms with Crippen molar-refractivity contribution < 1.29 is 4.79 Å². The lowest BCUT2D eigenvalue weighted by Crippen LogP contribution is -2.52. The maximum absolute atomic E-state index is 13.2. The average Bonchev–Trinajstić information content (AvgIpc) is 3.53. The predicted molar refractivity (Wildman–Crippen MR) is 136 cm³/mol. The van der Waals surface area contributed by atoms with E-state index in [1.807, 2.05) is 28.5 Å². The largest absolute Gasteiger partial charge is 0.372 e. The van der Waals surface area contributed by atoms with Gasteiger partial charge in [-0.2, -0.15) is 0 Å². The molecule has 1 aromatic carbocycles. The predicted octanol–water partition coefficient (Wildman–Crippen LogP) is 3.13. The molecular formula is C26H33N7O. The summed E-state index contributed by atoms with van der Waals surface area (Å²) in [5, 5.41) is 3.48. The number of amides is 1. The van der Waals surface area contributed by atoms with E-state index in [0.717, 1.165) is 68.5 Å². The topological polar surface area (TPSA) is 69.0 Å². The molecule has 1 amide bonds. The number of hydrogen-bond acceptors (Lipinski definition) is 6. The summed E-state index contributed by atoms with van der Waals surface area (Å²) in [5.74, 6) is 0.926. The van der Waals surface area contributed by atoms with Gasteiger partial charge in [0.05, 0.1) is 6.20 Å². The van der Waals surface area contributed by atoms with Crippen molar-refractivity contribution in [3.63, 3.8) is 0 Å². The molecule has 3 aromatic rings. The molecule has 0 radical (unpaired) electrons. The van der Waals surface area contributed by atoms with Crippen molar-refractivity contribution in [3.8, 4) is 11.3 Å². The van der Waals surface area contributed by atoms with Crippen molar-refractivity contribution in [1.29, 1.82) is 0 Å². The van der Waals surface area contributed by atoms with Gasteiger partial charge in [-0.3, -0.25) is 19.1 Å². The van der Waals surface area contributed by atoms with Gasteiger partial charge in [0.25, 0.3) is 0 Å². The lowest BCUT2D eigenvalue weighted by molar-refractivity contribution is -0.133. The lowest BCUT2D eigenvalue weighted by atomic mass is 10.1. The molecular weight excluding hydrogens is 426 g/mol. The van der Waals surface area contributed by atoms with E-state index in [4.69, 9.17) is 4.98 Å². The normalized spacial score (nSPS) is 17.8. The van der Waals surface area contributed by atoms with E-state index >= 15 is 0 Å². The molecule has 8 nitrogen and oxygen atoms in total. The number of piperazine rings is 1. The van der Waals surface area contributed by atoms with Crippen molar-refractivity contribution in [3.05, 3.63) is 55.5 Å². The van der Waals surface area contributed by atoms with E-state index in [9.17, 15) is 4.79 Å². The van der Waals surface area contributed by atoms with Crippen LogP contribution in [0.2, 0.25) is 0 Å². The number of rotatable bonds is 7. The zero-order valence-corrected chi connectivity index (χ0v) is 19.9. The highest BCUT2D eigenvalue weighted by Gasteiger charge is 2.26. The second-order valence-corrected chi connectivity index (χ2v) is 9.14. The fourth-order valence-electron chi connectivity index (χ4n) is 4.93. The number of hydrogen-bond donors (Lipinski definition) is 1. The van der Waals surface area contributed by atoms with Gasteiger partial charge in [0, 0.05) is 69.5 Å². The van der Waals surface area contributed by atoms with Gasteiger partial charge in [-0.1, -0.05) is 18.2 Å². The van der Waals surface area contributed by atoms with Crippen LogP contribution in [0.5, 0.6) is 0 Å². The molecule has 1 unspecified atom stereocenters. The van der Waals surface area contributed by atoms with E-state index in [1.165, 1.54) is 18.5 Å². The molecule has 0 spiro atoms. The summed E-state index contributed by atoms with van der Waals surface area (Å²) in [5.41, 5.74) is 3.85. The number of benzene rings is 1. The van der Waals surface area contributed by atoms with Crippen LogP contribution in [0.3, 0.4) is 0 Å². The van der Waals surface area contributed by atoms with Gasteiger partial charge < -0.3 is 15.1 Å². The molecule has 2 saturated heterocycles. The van der Waals surface area contributed by atoms with E-state index in [1.54, 1.807) is 12.4 Å². The fourth-order valence-corrected chi connectivity index (χ4v) is 4.93. The minimum Gasteiger partial charge on any atom is -0.372 e. The maximum atomic E-state index is 13.2. The summed E-state index contributed by atoms with van der Waals surface area (Å²) in [6.07, 6.45) is 9.80. The number of carbonyl (C=O) groups excluding carboxylic acids is 1. The smallest absolute Gasteiger partial charge is 0.244 e. The van der Waals surface area contributed by atoms with Gasteiger partial charge in [0.1, 0.15) is 17.6 Å². The minimum atomic E-state index is -0.373. The summed E-state index contributed by atoms with van der Waals surface area (Å²) < 4.78 is 1.97. The second-order valence-electron chi connectivity index (χ2n) is 9.14. The Kier molecular flexibility index (Phi) is 6.49. The second kappa shape index (κ2) is 9.85. The molecule has 0 bridgehead atoms. The van der Waals surface area contributed by atoms with Crippen molar-refractivity contribution in [2.75, 3.05) is 56.0 Å². The molecule has 4 heterocycles. The van der Waals surface area contributed by atoms with Crippen molar-refractivity contribution in [2.45, 2.75) is 25.8 Å². The van der Waals surface area contributed by atoms with Crippen LogP contribution in [-0.2, 0) is 4.79 Å². The first-order valence-electron chi connectivity index (χ1n) is 12.2. The van der Waals surface area contributed by atoms with E-state index in [0.29, 0.717) is 0 Å². The molecule has 178 valence electrons. The van der Waals surface area contributed by atoms with Gasteiger partial charge in [0.15, 0.2) is 5.65 Å². The Balaban J connectivity index is 1.37. The van der Waals surface area contributed by atoms with E-state index < -0.39 is 0 Å². The van der Waals surface area contributed by atoms with E-state index in [2.05, 4.69) is 50.9 Å². The van der Waals surface area contributed by atoms with Gasteiger partial charge >= 0.3 is 0 Å². The van der Waals surface area contributed by atoms with E-state index in [-0.39, 0.29) is 11.9 Å². The first-order valence-corrected chi connectivity index (χ1v) is 12.2. The molecule has 2 aliphatic heterocycles. The molecule has 0 saturated carbocycles. The van der Waals surface area contributed by atoms with Crippen LogP contribution < -0.4 is 10.2 Å². The third kappa shape index (κ3) is 4.50. The van der Waals surface area contributed by atoms with Crippen molar-refractivity contribution in [1.82, 2.24) is 24.2 Å². The first kappa shape index (κ1) is 22.4. The Morgan fingerprint density at radius 2 is 1.85 bits per heavy atom. The Labute approximate surface area is 200 Å². The molecule has 0 aliphatic carbocycles. The summed E-state index contributed by atoms with van der Waals surface area (Å²) in [7, 11) is 0. The molecule has 2 fully saturated rings. The average molecular weight is 460 g/mol. The van der Waals surface area contributed by atoms with Crippen LogP contribution in [-0.4, -0.2) is 81.9 Å². The number of nitrogens with one attached hydrogen (secondary N) is 1. The highest BCUT2D eigenvalue weighted by molar-refractivity contribution is 5.86. The van der Waals surface area contributed by atoms with Crippen LogP contribution in [0.4, 0.5) is 11.5 Å². The van der Waals surface area contributed by atoms with Gasteiger partial charge in [-0.05, 0) is 31.9 Å². The standard InChI is InChI=1S/C26H33N7O/c1-3-11-30-15-17-32(18-16-30)26(34)20(2)28-25-24(29-23-19-27-10-14-33(23)25)21-6-8-22(9-7-21)31-12-4-5-13-31/h3,6-10,14,19-20,28H,1,4-5,11-13,15-18H2,2H3. The van der Waals surface area contributed by atoms with Crippen LogP contribution in [0, 0.1) is 0 Å². The van der Waals surface area contributed by atoms with Crippen LogP contribution in [0.1, 0.15) is 19.8 Å². The summed E-state index contributed by atoms with van der Waals surface area (Å²) in [6, 6.07) is 8.22. The maximum Gasteiger partial charge on any atom is 0.244 e.